The first-order valence-electron chi connectivity index (χ1n) is 5.97. The zero-order valence-electron chi connectivity index (χ0n) is 10.5. The normalized spacial score (nSPS) is 11.8. The predicted octanol–water partition coefficient (Wildman–Crippen LogP) is 2.15. The summed E-state index contributed by atoms with van der Waals surface area (Å²) in [7, 11) is 0. The fraction of sp³-hybridized carbons (Fsp3) is 0.167. The van der Waals surface area contributed by atoms with Gasteiger partial charge in [0.25, 0.3) is 5.82 Å². The number of aromatic nitrogens is 5. The molecule has 0 aliphatic heterocycles. The van der Waals surface area contributed by atoms with E-state index >= 15 is 0 Å². The zero-order chi connectivity index (χ0) is 14.9. The molecule has 0 saturated carbocycles. The Hall–Kier alpha value is -2.71. The Labute approximate surface area is 116 Å². The quantitative estimate of drug-likeness (QED) is 0.801. The average Bonchev–Trinajstić information content (AvgIpc) is 2.89. The van der Waals surface area contributed by atoms with Gasteiger partial charge in [-0.1, -0.05) is 6.07 Å². The molecule has 0 radical (unpaired) electrons. The van der Waals surface area contributed by atoms with Crippen molar-refractivity contribution in [2.45, 2.75) is 12.7 Å². The highest BCUT2D eigenvalue weighted by molar-refractivity contribution is 5.44. The van der Waals surface area contributed by atoms with Crippen molar-refractivity contribution in [2.24, 2.45) is 0 Å². The Morgan fingerprint density at radius 1 is 1.10 bits per heavy atom. The number of anilines is 1. The molecule has 108 valence electrons. The third kappa shape index (κ3) is 2.76. The molecule has 0 unspecified atom stereocenters. The van der Waals surface area contributed by atoms with Crippen LogP contribution in [-0.2, 0) is 12.7 Å². The molecule has 6 nitrogen and oxygen atoms in total. The molecule has 3 aromatic heterocycles. The summed E-state index contributed by atoms with van der Waals surface area (Å²) in [5.74, 6) is -0.877. The predicted molar refractivity (Wildman–Crippen MR) is 67.3 cm³/mol. The summed E-state index contributed by atoms with van der Waals surface area (Å²) < 4.78 is 38.9. The summed E-state index contributed by atoms with van der Waals surface area (Å²) in [6.07, 6.45) is -2.97. The van der Waals surface area contributed by atoms with Gasteiger partial charge in [-0.3, -0.25) is 4.98 Å². The molecule has 3 rings (SSSR count). The van der Waals surface area contributed by atoms with Crippen molar-refractivity contribution < 1.29 is 13.2 Å². The smallest absolute Gasteiger partial charge is 0.363 e. The van der Waals surface area contributed by atoms with Crippen LogP contribution in [0, 0.1) is 0 Å². The Balaban J connectivity index is 1.87. The van der Waals surface area contributed by atoms with Gasteiger partial charge in [-0.05, 0) is 24.3 Å². The molecule has 0 bridgehead atoms. The highest BCUT2D eigenvalue weighted by atomic mass is 19.4. The van der Waals surface area contributed by atoms with E-state index in [1.807, 2.05) is 6.07 Å². The Morgan fingerprint density at radius 3 is 2.67 bits per heavy atom. The minimum Gasteiger partial charge on any atom is -0.363 e. The number of alkyl halides is 3. The van der Waals surface area contributed by atoms with E-state index in [2.05, 4.69) is 25.6 Å². The first-order valence-corrected chi connectivity index (χ1v) is 5.97. The molecule has 0 spiro atoms. The molecule has 21 heavy (non-hydrogen) atoms. The van der Waals surface area contributed by atoms with Gasteiger partial charge in [0.05, 0.1) is 12.2 Å². The van der Waals surface area contributed by atoms with Crippen LogP contribution >= 0.6 is 0 Å². The first-order chi connectivity index (χ1) is 10.0. The highest BCUT2D eigenvalue weighted by Gasteiger charge is 2.37. The zero-order valence-corrected chi connectivity index (χ0v) is 10.5. The summed E-state index contributed by atoms with van der Waals surface area (Å²) in [6, 6.07) is 8.34. The third-order valence-corrected chi connectivity index (χ3v) is 2.69. The van der Waals surface area contributed by atoms with E-state index in [0.29, 0.717) is 11.1 Å². The minimum absolute atomic E-state index is 0.0331. The first kappa shape index (κ1) is 13.3. The molecule has 0 amide bonds. The molecule has 3 aromatic rings. The summed E-state index contributed by atoms with van der Waals surface area (Å²) in [5.41, 5.74) is 0.782. The number of hydrogen-bond donors (Lipinski definition) is 1. The number of pyridine rings is 1. The van der Waals surface area contributed by atoms with Gasteiger partial charge in [-0.25, -0.2) is 0 Å². The van der Waals surface area contributed by atoms with Crippen LogP contribution in [0.1, 0.15) is 11.5 Å². The van der Waals surface area contributed by atoms with Crippen LogP contribution < -0.4 is 5.32 Å². The molecule has 3 heterocycles. The van der Waals surface area contributed by atoms with Crippen molar-refractivity contribution in [1.82, 2.24) is 24.8 Å². The number of nitrogens with zero attached hydrogens (tertiary/aromatic N) is 5. The number of nitrogens with one attached hydrogen (secondary N) is 1. The third-order valence-electron chi connectivity index (χ3n) is 2.69. The van der Waals surface area contributed by atoms with Gasteiger partial charge < -0.3 is 5.32 Å². The van der Waals surface area contributed by atoms with E-state index in [4.69, 9.17) is 0 Å². The van der Waals surface area contributed by atoms with Gasteiger partial charge >= 0.3 is 6.18 Å². The SMILES string of the molecule is FC(F)(F)c1nnc2ccc(NCc3ccccn3)nn12. The maximum absolute atomic E-state index is 12.7. The van der Waals surface area contributed by atoms with Gasteiger partial charge in [0, 0.05) is 6.20 Å². The standard InChI is InChI=1S/C12H9F3N6/c13-12(14,15)11-19-18-10-5-4-9(20-21(10)11)17-7-8-3-1-2-6-16-8/h1-6H,7H2,(H,17,20). The lowest BCUT2D eigenvalue weighted by atomic mass is 10.3. The van der Waals surface area contributed by atoms with Crippen molar-refractivity contribution in [2.75, 3.05) is 5.32 Å². The van der Waals surface area contributed by atoms with Crippen LogP contribution in [0.3, 0.4) is 0 Å². The Morgan fingerprint density at radius 2 is 1.95 bits per heavy atom. The van der Waals surface area contributed by atoms with Crippen LogP contribution in [0.2, 0.25) is 0 Å². The molecular formula is C12H9F3N6. The Bertz CT molecular complexity index is 753. The largest absolute Gasteiger partial charge is 0.453 e. The van der Waals surface area contributed by atoms with E-state index in [0.717, 1.165) is 5.69 Å². The molecule has 9 heteroatoms. The van der Waals surface area contributed by atoms with E-state index in [1.54, 1.807) is 18.3 Å². The van der Waals surface area contributed by atoms with Crippen LogP contribution in [0.5, 0.6) is 0 Å². The fourth-order valence-electron chi connectivity index (χ4n) is 1.74. The van der Waals surface area contributed by atoms with Crippen molar-refractivity contribution in [3.8, 4) is 0 Å². The second kappa shape index (κ2) is 5.00. The molecule has 0 atom stereocenters. The number of hydrogen-bond acceptors (Lipinski definition) is 5. The fourth-order valence-corrected chi connectivity index (χ4v) is 1.74. The van der Waals surface area contributed by atoms with Gasteiger partial charge in [0.15, 0.2) is 5.65 Å². The lowest BCUT2D eigenvalue weighted by Crippen LogP contribution is -2.13. The van der Waals surface area contributed by atoms with Crippen molar-refractivity contribution in [1.29, 1.82) is 0 Å². The summed E-state index contributed by atoms with van der Waals surface area (Å²) in [5, 5.41) is 13.3. The molecule has 0 aromatic carbocycles. The lowest BCUT2D eigenvalue weighted by Gasteiger charge is -2.07. The summed E-state index contributed by atoms with van der Waals surface area (Å²) in [4.78, 5) is 4.10. The van der Waals surface area contributed by atoms with Crippen LogP contribution in [0.25, 0.3) is 5.65 Å². The average molecular weight is 294 g/mol. The molecule has 0 fully saturated rings. The number of fused-ring (bicyclic) bond motifs is 1. The topological polar surface area (TPSA) is 68.0 Å². The van der Waals surface area contributed by atoms with Crippen molar-refractivity contribution in [3.63, 3.8) is 0 Å². The maximum Gasteiger partial charge on any atom is 0.453 e. The molecule has 0 aliphatic rings. The van der Waals surface area contributed by atoms with Gasteiger partial charge in [0.2, 0.25) is 0 Å². The molecule has 0 saturated heterocycles. The molecular weight excluding hydrogens is 285 g/mol. The number of halogens is 3. The van der Waals surface area contributed by atoms with Crippen molar-refractivity contribution >= 4 is 11.5 Å². The summed E-state index contributed by atoms with van der Waals surface area (Å²) >= 11 is 0. The van der Waals surface area contributed by atoms with Gasteiger partial charge in [-0.15, -0.1) is 15.3 Å². The Kier molecular flexibility index (Phi) is 3.16. The summed E-state index contributed by atoms with van der Waals surface area (Å²) in [6.45, 7) is 0.350. The van der Waals surface area contributed by atoms with Gasteiger partial charge in [-0.2, -0.15) is 17.7 Å². The van der Waals surface area contributed by atoms with E-state index in [1.165, 1.54) is 12.1 Å². The van der Waals surface area contributed by atoms with Crippen LogP contribution in [0.4, 0.5) is 19.0 Å². The van der Waals surface area contributed by atoms with E-state index in [9.17, 15) is 13.2 Å². The van der Waals surface area contributed by atoms with Crippen molar-refractivity contribution in [3.05, 3.63) is 48.0 Å². The monoisotopic (exact) mass is 294 g/mol. The second-order valence-corrected chi connectivity index (χ2v) is 4.18. The number of rotatable bonds is 3. The van der Waals surface area contributed by atoms with Crippen LogP contribution in [0.15, 0.2) is 36.5 Å². The molecule has 0 aliphatic carbocycles. The van der Waals surface area contributed by atoms with Crippen LogP contribution in [-0.4, -0.2) is 24.8 Å². The van der Waals surface area contributed by atoms with Gasteiger partial charge in [0.1, 0.15) is 5.82 Å². The lowest BCUT2D eigenvalue weighted by molar-refractivity contribution is -0.146. The minimum atomic E-state index is -4.61. The molecule has 1 N–H and O–H groups in total. The highest BCUT2D eigenvalue weighted by Crippen LogP contribution is 2.27. The van der Waals surface area contributed by atoms with E-state index in [-0.39, 0.29) is 11.5 Å². The second-order valence-electron chi connectivity index (χ2n) is 4.18. The maximum atomic E-state index is 12.7. The van der Waals surface area contributed by atoms with E-state index < -0.39 is 12.0 Å².